The number of rotatable bonds is 7. The second-order valence-electron chi connectivity index (χ2n) is 6.49. The van der Waals surface area contributed by atoms with E-state index >= 15 is 0 Å². The molecular weight excluding hydrogens is 354 g/mol. The maximum atomic E-state index is 13.2. The highest BCUT2D eigenvalue weighted by Crippen LogP contribution is 2.23. The van der Waals surface area contributed by atoms with Gasteiger partial charge in [-0.25, -0.2) is 0 Å². The van der Waals surface area contributed by atoms with Crippen LogP contribution in [0.25, 0.3) is 0 Å². The first kappa shape index (κ1) is 19.2. The van der Waals surface area contributed by atoms with Crippen LogP contribution in [0.5, 0.6) is 0 Å². The van der Waals surface area contributed by atoms with Crippen LogP contribution in [0.15, 0.2) is 72.9 Å². The lowest BCUT2D eigenvalue weighted by Crippen LogP contribution is -2.33. The zero-order valence-corrected chi connectivity index (χ0v) is 15.6. The highest BCUT2D eigenvalue weighted by Gasteiger charge is 2.22. The number of nitro benzene ring substituents is 1. The number of carbonyl (C=O) groups excluding carboxylic acids is 1. The second kappa shape index (κ2) is 8.90. The smallest absolute Gasteiger partial charge is 0.273 e. The van der Waals surface area contributed by atoms with Gasteiger partial charge in [-0.15, -0.1) is 0 Å². The number of carbonyl (C=O) groups is 1. The van der Waals surface area contributed by atoms with Crippen molar-refractivity contribution < 1.29 is 9.72 Å². The molecule has 1 amide bonds. The van der Waals surface area contributed by atoms with Gasteiger partial charge in [-0.05, 0) is 37.1 Å². The summed E-state index contributed by atoms with van der Waals surface area (Å²) in [7, 11) is 0. The largest absolute Gasteiger partial charge is 0.332 e. The van der Waals surface area contributed by atoms with Crippen LogP contribution in [0, 0.1) is 17.0 Å². The van der Waals surface area contributed by atoms with Gasteiger partial charge in [0.15, 0.2) is 0 Å². The Morgan fingerprint density at radius 2 is 1.79 bits per heavy atom. The number of aromatic nitrogens is 1. The van der Waals surface area contributed by atoms with Gasteiger partial charge in [0.25, 0.3) is 11.6 Å². The van der Waals surface area contributed by atoms with Gasteiger partial charge >= 0.3 is 0 Å². The molecule has 6 nitrogen and oxygen atoms in total. The topological polar surface area (TPSA) is 76.3 Å². The lowest BCUT2D eigenvalue weighted by atomic mass is 10.0. The number of benzene rings is 2. The van der Waals surface area contributed by atoms with E-state index in [0.29, 0.717) is 30.6 Å². The number of amides is 1. The van der Waals surface area contributed by atoms with Gasteiger partial charge in [-0.1, -0.05) is 42.5 Å². The maximum absolute atomic E-state index is 13.2. The lowest BCUT2D eigenvalue weighted by Gasteiger charge is -2.23. The van der Waals surface area contributed by atoms with Crippen LogP contribution in [0.1, 0.15) is 27.2 Å². The van der Waals surface area contributed by atoms with Gasteiger partial charge < -0.3 is 4.90 Å². The Hall–Kier alpha value is -3.54. The molecule has 0 fully saturated rings. The average Bonchev–Trinajstić information content (AvgIpc) is 2.72. The van der Waals surface area contributed by atoms with Crippen LogP contribution in [0.4, 0.5) is 5.69 Å². The van der Waals surface area contributed by atoms with Crippen molar-refractivity contribution in [3.8, 4) is 0 Å². The minimum atomic E-state index is -0.459. The molecule has 142 valence electrons. The minimum absolute atomic E-state index is 0.0494. The zero-order chi connectivity index (χ0) is 19.9. The van der Waals surface area contributed by atoms with Gasteiger partial charge in [-0.3, -0.25) is 19.9 Å². The van der Waals surface area contributed by atoms with Crippen molar-refractivity contribution in [1.29, 1.82) is 0 Å². The summed E-state index contributed by atoms with van der Waals surface area (Å²) in [5, 5.41) is 11.2. The molecule has 6 heteroatoms. The van der Waals surface area contributed by atoms with E-state index in [4.69, 9.17) is 0 Å². The maximum Gasteiger partial charge on any atom is 0.273 e. The van der Waals surface area contributed by atoms with E-state index in [1.54, 1.807) is 30.2 Å². The summed E-state index contributed by atoms with van der Waals surface area (Å²) >= 11 is 0. The first-order chi connectivity index (χ1) is 13.6. The van der Waals surface area contributed by atoms with E-state index in [1.807, 2.05) is 48.5 Å². The quantitative estimate of drug-likeness (QED) is 0.458. The summed E-state index contributed by atoms with van der Waals surface area (Å²) in [6.45, 7) is 2.44. The predicted molar refractivity (Wildman–Crippen MR) is 107 cm³/mol. The summed E-state index contributed by atoms with van der Waals surface area (Å²) in [4.78, 5) is 30.0. The van der Waals surface area contributed by atoms with Crippen LogP contribution in [-0.4, -0.2) is 27.3 Å². The normalized spacial score (nSPS) is 10.5. The van der Waals surface area contributed by atoms with Crippen molar-refractivity contribution >= 4 is 11.6 Å². The van der Waals surface area contributed by atoms with Crippen molar-refractivity contribution in [2.24, 2.45) is 0 Å². The molecule has 3 rings (SSSR count). The summed E-state index contributed by atoms with van der Waals surface area (Å²) < 4.78 is 0. The highest BCUT2D eigenvalue weighted by molar-refractivity contribution is 5.96. The molecule has 0 aliphatic heterocycles. The Bertz CT molecular complexity index is 959. The molecular formula is C22H21N3O3. The molecule has 0 aliphatic rings. The fraction of sp³-hybridized carbons (Fsp3) is 0.182. The van der Waals surface area contributed by atoms with Crippen LogP contribution in [0.2, 0.25) is 0 Å². The Morgan fingerprint density at radius 3 is 2.46 bits per heavy atom. The molecule has 0 aliphatic carbocycles. The van der Waals surface area contributed by atoms with E-state index in [0.717, 1.165) is 11.3 Å². The Morgan fingerprint density at radius 1 is 1.04 bits per heavy atom. The Kier molecular flexibility index (Phi) is 6.11. The SMILES string of the molecule is Cc1c(C(=O)N(CCc2ccccc2)Cc2ccccn2)cccc1[N+](=O)[O-]. The number of nitro groups is 1. The molecule has 3 aromatic rings. The molecule has 0 N–H and O–H groups in total. The summed E-state index contributed by atoms with van der Waals surface area (Å²) in [6, 6.07) is 20.1. The van der Waals surface area contributed by atoms with E-state index in [9.17, 15) is 14.9 Å². The van der Waals surface area contributed by atoms with E-state index in [1.165, 1.54) is 6.07 Å². The second-order valence-corrected chi connectivity index (χ2v) is 6.49. The predicted octanol–water partition coefficient (Wildman–Crippen LogP) is 4.18. The molecule has 28 heavy (non-hydrogen) atoms. The molecule has 0 atom stereocenters. The van der Waals surface area contributed by atoms with Crippen molar-refractivity contribution in [2.45, 2.75) is 19.9 Å². The first-order valence-electron chi connectivity index (χ1n) is 9.03. The van der Waals surface area contributed by atoms with E-state index in [2.05, 4.69) is 4.98 Å². The molecule has 0 unspecified atom stereocenters. The fourth-order valence-electron chi connectivity index (χ4n) is 3.07. The summed E-state index contributed by atoms with van der Waals surface area (Å²) in [5.74, 6) is -0.234. The van der Waals surface area contributed by atoms with Crippen molar-refractivity contribution in [1.82, 2.24) is 9.88 Å². The third-order valence-electron chi connectivity index (χ3n) is 4.61. The molecule has 2 aromatic carbocycles. The lowest BCUT2D eigenvalue weighted by molar-refractivity contribution is -0.385. The number of nitrogens with zero attached hydrogens (tertiary/aromatic N) is 3. The van der Waals surface area contributed by atoms with Gasteiger partial charge in [-0.2, -0.15) is 0 Å². The molecule has 0 saturated carbocycles. The molecule has 0 spiro atoms. The number of hydrogen-bond donors (Lipinski definition) is 0. The first-order valence-corrected chi connectivity index (χ1v) is 9.03. The molecule has 0 bridgehead atoms. The molecule has 0 saturated heterocycles. The standard InChI is InChI=1S/C22H21N3O3/c1-17-20(11-7-12-21(17)25(27)28)22(26)24(16-19-10-5-6-14-23-19)15-13-18-8-3-2-4-9-18/h2-12,14H,13,15-16H2,1H3. The zero-order valence-electron chi connectivity index (χ0n) is 15.6. The van der Waals surface area contributed by atoms with Gasteiger partial charge in [0.2, 0.25) is 0 Å². The van der Waals surface area contributed by atoms with E-state index in [-0.39, 0.29) is 11.6 Å². The van der Waals surface area contributed by atoms with Crippen molar-refractivity contribution in [3.63, 3.8) is 0 Å². The highest BCUT2D eigenvalue weighted by atomic mass is 16.6. The third kappa shape index (κ3) is 4.59. The van der Waals surface area contributed by atoms with Crippen LogP contribution < -0.4 is 0 Å². The summed E-state index contributed by atoms with van der Waals surface area (Å²) in [6.07, 6.45) is 2.38. The van der Waals surface area contributed by atoms with Crippen LogP contribution in [0.3, 0.4) is 0 Å². The van der Waals surface area contributed by atoms with Gasteiger partial charge in [0, 0.05) is 29.9 Å². The fourth-order valence-corrected chi connectivity index (χ4v) is 3.07. The Balaban J connectivity index is 1.88. The molecule has 1 heterocycles. The monoisotopic (exact) mass is 375 g/mol. The van der Waals surface area contributed by atoms with Gasteiger partial charge in [0.05, 0.1) is 17.2 Å². The summed E-state index contributed by atoms with van der Waals surface area (Å²) in [5.41, 5.74) is 2.57. The minimum Gasteiger partial charge on any atom is -0.332 e. The molecule has 1 aromatic heterocycles. The Labute approximate surface area is 163 Å². The van der Waals surface area contributed by atoms with E-state index < -0.39 is 4.92 Å². The van der Waals surface area contributed by atoms with Crippen LogP contribution >= 0.6 is 0 Å². The van der Waals surface area contributed by atoms with Crippen molar-refractivity contribution in [2.75, 3.05) is 6.54 Å². The van der Waals surface area contributed by atoms with Crippen molar-refractivity contribution in [3.05, 3.63) is 105 Å². The van der Waals surface area contributed by atoms with Crippen LogP contribution in [-0.2, 0) is 13.0 Å². The number of pyridine rings is 1. The van der Waals surface area contributed by atoms with Gasteiger partial charge in [0.1, 0.15) is 0 Å². The molecule has 0 radical (unpaired) electrons. The third-order valence-corrected chi connectivity index (χ3v) is 4.61. The number of hydrogen-bond acceptors (Lipinski definition) is 4. The average molecular weight is 375 g/mol.